The average molecular weight is 260 g/mol. The van der Waals surface area contributed by atoms with E-state index in [1.807, 2.05) is 0 Å². The van der Waals surface area contributed by atoms with Gasteiger partial charge in [0.25, 0.3) is 0 Å². The number of fused-ring (bicyclic) bond motifs is 2. The molecule has 98 valence electrons. The molecule has 0 aliphatic heterocycles. The minimum Gasteiger partial charge on any atom is -0.469 e. The zero-order valence-corrected chi connectivity index (χ0v) is 11.2. The van der Waals surface area contributed by atoms with E-state index in [4.69, 9.17) is 4.74 Å². The second-order valence-electron chi connectivity index (χ2n) is 5.21. The SMILES string of the molecule is CCS(=O)(=O)C1C2CCC1CC(C(=O)OC)C2. The molecule has 2 unspecified atom stereocenters. The van der Waals surface area contributed by atoms with Gasteiger partial charge in [0.2, 0.25) is 0 Å². The third-order valence-electron chi connectivity index (χ3n) is 4.36. The van der Waals surface area contributed by atoms with E-state index in [-0.39, 0.29) is 34.7 Å². The number of carbonyl (C=O) groups excluding carboxylic acids is 1. The lowest BCUT2D eigenvalue weighted by Gasteiger charge is -2.33. The Labute approximate surface area is 103 Å². The van der Waals surface area contributed by atoms with Crippen molar-refractivity contribution in [1.82, 2.24) is 0 Å². The van der Waals surface area contributed by atoms with Crippen LogP contribution in [0.1, 0.15) is 32.6 Å². The first kappa shape index (κ1) is 12.9. The number of methoxy groups -OCH3 is 1. The Morgan fingerprint density at radius 2 is 1.76 bits per heavy atom. The topological polar surface area (TPSA) is 60.4 Å². The summed E-state index contributed by atoms with van der Waals surface area (Å²) < 4.78 is 28.9. The number of carbonyl (C=O) groups is 1. The van der Waals surface area contributed by atoms with Crippen molar-refractivity contribution in [3.05, 3.63) is 0 Å². The molecule has 0 radical (unpaired) electrons. The van der Waals surface area contributed by atoms with Crippen LogP contribution in [0.5, 0.6) is 0 Å². The number of rotatable bonds is 3. The van der Waals surface area contributed by atoms with Crippen molar-refractivity contribution in [3.63, 3.8) is 0 Å². The standard InChI is InChI=1S/C12H20O4S/c1-3-17(14,15)11-8-4-5-9(11)7-10(6-8)12(13)16-2/h8-11H,3-7H2,1-2H3. The molecule has 0 N–H and O–H groups in total. The Morgan fingerprint density at radius 1 is 1.24 bits per heavy atom. The molecule has 2 atom stereocenters. The van der Waals surface area contributed by atoms with Crippen LogP contribution in [-0.4, -0.2) is 32.5 Å². The van der Waals surface area contributed by atoms with Crippen LogP contribution in [-0.2, 0) is 19.4 Å². The van der Waals surface area contributed by atoms with Gasteiger partial charge in [-0.2, -0.15) is 0 Å². The molecule has 2 fully saturated rings. The lowest BCUT2D eigenvalue weighted by atomic mass is 9.80. The summed E-state index contributed by atoms with van der Waals surface area (Å²) in [4.78, 5) is 11.5. The van der Waals surface area contributed by atoms with Crippen LogP contribution in [0.15, 0.2) is 0 Å². The molecule has 4 nitrogen and oxygen atoms in total. The van der Waals surface area contributed by atoms with Crippen LogP contribution in [0.4, 0.5) is 0 Å². The molecule has 0 heterocycles. The Hall–Kier alpha value is -0.580. The van der Waals surface area contributed by atoms with Crippen molar-refractivity contribution < 1.29 is 17.9 Å². The number of hydrogen-bond donors (Lipinski definition) is 0. The first-order chi connectivity index (χ1) is 7.99. The molecule has 5 heteroatoms. The highest BCUT2D eigenvalue weighted by Gasteiger charge is 2.49. The first-order valence-corrected chi connectivity index (χ1v) is 8.00. The Morgan fingerprint density at radius 3 is 2.18 bits per heavy atom. The van der Waals surface area contributed by atoms with Gasteiger partial charge in [0.1, 0.15) is 0 Å². The highest BCUT2D eigenvalue weighted by Crippen LogP contribution is 2.48. The van der Waals surface area contributed by atoms with Crippen LogP contribution in [0.3, 0.4) is 0 Å². The van der Waals surface area contributed by atoms with Crippen LogP contribution in [0.25, 0.3) is 0 Å². The van der Waals surface area contributed by atoms with Gasteiger partial charge in [-0.25, -0.2) is 8.42 Å². The predicted octanol–water partition coefficient (Wildman–Crippen LogP) is 1.40. The molecule has 0 spiro atoms. The monoisotopic (exact) mass is 260 g/mol. The van der Waals surface area contributed by atoms with E-state index in [1.54, 1.807) is 6.92 Å². The van der Waals surface area contributed by atoms with E-state index in [0.717, 1.165) is 12.8 Å². The summed E-state index contributed by atoms with van der Waals surface area (Å²) in [6.45, 7) is 1.71. The van der Waals surface area contributed by atoms with Crippen LogP contribution < -0.4 is 0 Å². The highest BCUT2D eigenvalue weighted by molar-refractivity contribution is 7.92. The maximum Gasteiger partial charge on any atom is 0.308 e. The fourth-order valence-electron chi connectivity index (χ4n) is 3.61. The van der Waals surface area contributed by atoms with Crippen molar-refractivity contribution in [3.8, 4) is 0 Å². The van der Waals surface area contributed by atoms with Crippen molar-refractivity contribution in [2.24, 2.45) is 17.8 Å². The van der Waals surface area contributed by atoms with Gasteiger partial charge in [-0.3, -0.25) is 4.79 Å². The summed E-state index contributed by atoms with van der Waals surface area (Å²) in [5.41, 5.74) is 0. The average Bonchev–Trinajstić information content (AvgIpc) is 2.60. The normalized spacial score (nSPS) is 36.8. The summed E-state index contributed by atoms with van der Waals surface area (Å²) in [6.07, 6.45) is 3.27. The molecule has 2 aliphatic carbocycles. The Bertz CT molecular complexity index is 387. The maximum absolute atomic E-state index is 12.0. The number of ether oxygens (including phenoxy) is 1. The quantitative estimate of drug-likeness (QED) is 0.720. The largest absolute Gasteiger partial charge is 0.469 e. The van der Waals surface area contributed by atoms with Crippen LogP contribution in [0, 0.1) is 17.8 Å². The third kappa shape index (κ3) is 2.21. The van der Waals surface area contributed by atoms with Gasteiger partial charge in [-0.05, 0) is 37.5 Å². The van der Waals surface area contributed by atoms with E-state index in [2.05, 4.69) is 0 Å². The maximum atomic E-state index is 12.0. The van der Waals surface area contributed by atoms with Gasteiger partial charge < -0.3 is 4.74 Å². The van der Waals surface area contributed by atoms with Gasteiger partial charge in [0, 0.05) is 5.75 Å². The number of hydrogen-bond acceptors (Lipinski definition) is 4. The first-order valence-electron chi connectivity index (χ1n) is 6.29. The van der Waals surface area contributed by atoms with Gasteiger partial charge in [-0.15, -0.1) is 0 Å². The summed E-state index contributed by atoms with van der Waals surface area (Å²) >= 11 is 0. The number of sulfone groups is 1. The summed E-state index contributed by atoms with van der Waals surface area (Å²) in [6, 6.07) is 0. The summed E-state index contributed by atoms with van der Waals surface area (Å²) in [5.74, 6) is 0.300. The minimum atomic E-state index is -2.97. The van der Waals surface area contributed by atoms with Crippen molar-refractivity contribution in [2.75, 3.05) is 12.9 Å². The molecule has 0 aromatic rings. The lowest BCUT2D eigenvalue weighted by Crippen LogP contribution is -2.40. The molecule has 0 aromatic heterocycles. The second kappa shape index (κ2) is 4.59. The molecule has 2 aliphatic rings. The fourth-order valence-corrected chi connectivity index (χ4v) is 5.66. The molecule has 2 rings (SSSR count). The molecule has 0 aromatic carbocycles. The molecular weight excluding hydrogens is 240 g/mol. The summed E-state index contributed by atoms with van der Waals surface area (Å²) in [5, 5.41) is -0.201. The zero-order valence-electron chi connectivity index (χ0n) is 10.4. The minimum absolute atomic E-state index is 0.0826. The lowest BCUT2D eigenvalue weighted by molar-refractivity contribution is -0.147. The Kier molecular flexibility index (Phi) is 3.48. The molecule has 17 heavy (non-hydrogen) atoms. The molecule has 2 saturated carbocycles. The second-order valence-corrected chi connectivity index (χ2v) is 7.65. The van der Waals surface area contributed by atoms with E-state index in [0.29, 0.717) is 12.8 Å². The Balaban J connectivity index is 2.16. The van der Waals surface area contributed by atoms with Gasteiger partial charge in [0.05, 0.1) is 18.3 Å². The van der Waals surface area contributed by atoms with Crippen LogP contribution in [0.2, 0.25) is 0 Å². The van der Waals surface area contributed by atoms with E-state index in [1.165, 1.54) is 7.11 Å². The predicted molar refractivity (Wildman–Crippen MR) is 64.2 cm³/mol. The fraction of sp³-hybridized carbons (Fsp3) is 0.917. The summed E-state index contributed by atoms with van der Waals surface area (Å²) in [7, 11) is -1.56. The van der Waals surface area contributed by atoms with Crippen molar-refractivity contribution in [1.29, 1.82) is 0 Å². The van der Waals surface area contributed by atoms with E-state index < -0.39 is 9.84 Å². The zero-order chi connectivity index (χ0) is 12.6. The van der Waals surface area contributed by atoms with Crippen molar-refractivity contribution >= 4 is 15.8 Å². The molecular formula is C12H20O4S. The molecule has 2 bridgehead atoms. The van der Waals surface area contributed by atoms with Gasteiger partial charge >= 0.3 is 5.97 Å². The van der Waals surface area contributed by atoms with Crippen LogP contribution >= 0.6 is 0 Å². The molecule has 0 saturated heterocycles. The van der Waals surface area contributed by atoms with Gasteiger partial charge in [-0.1, -0.05) is 6.92 Å². The van der Waals surface area contributed by atoms with Crippen molar-refractivity contribution in [2.45, 2.75) is 37.9 Å². The number of esters is 1. The van der Waals surface area contributed by atoms with E-state index in [9.17, 15) is 13.2 Å². The molecule has 0 amide bonds. The third-order valence-corrected chi connectivity index (χ3v) is 6.77. The van der Waals surface area contributed by atoms with E-state index >= 15 is 0 Å². The highest BCUT2D eigenvalue weighted by atomic mass is 32.2. The smallest absolute Gasteiger partial charge is 0.308 e. The van der Waals surface area contributed by atoms with Gasteiger partial charge in [0.15, 0.2) is 9.84 Å².